The number of carbonyl (C=O) groups is 1. The van der Waals surface area contributed by atoms with E-state index < -0.39 is 0 Å². The fourth-order valence-corrected chi connectivity index (χ4v) is 7.14. The van der Waals surface area contributed by atoms with Crippen LogP contribution in [0.4, 0.5) is 0 Å². The Morgan fingerprint density at radius 3 is 2.29 bits per heavy atom. The Morgan fingerprint density at radius 1 is 0.974 bits per heavy atom. The lowest BCUT2D eigenvalue weighted by Crippen LogP contribution is -2.20. The van der Waals surface area contributed by atoms with E-state index in [1.54, 1.807) is 0 Å². The van der Waals surface area contributed by atoms with Gasteiger partial charge in [-0.15, -0.1) is 0 Å². The topological polar surface area (TPSA) is 63.0 Å². The predicted molar refractivity (Wildman–Crippen MR) is 165 cm³/mol. The largest absolute Gasteiger partial charge is 0.464 e. The summed E-state index contributed by atoms with van der Waals surface area (Å²) in [5.74, 6) is 3.07. The molecule has 1 unspecified atom stereocenters. The van der Waals surface area contributed by atoms with Crippen molar-refractivity contribution in [3.05, 3.63) is 72.3 Å². The summed E-state index contributed by atoms with van der Waals surface area (Å²) in [6, 6.07) is 24.0. The van der Waals surface area contributed by atoms with Crippen LogP contribution in [-0.2, 0) is 9.53 Å². The number of hydrogen-bond donors (Lipinski definition) is 0. The fraction of sp³-hybridized carbons (Fsp3) is 0.387. The molecule has 3 aromatic rings. The first-order valence-corrected chi connectivity index (χ1v) is 16.4. The van der Waals surface area contributed by atoms with Crippen molar-refractivity contribution in [2.24, 2.45) is 0 Å². The van der Waals surface area contributed by atoms with E-state index in [0.29, 0.717) is 22.4 Å². The van der Waals surface area contributed by atoms with Gasteiger partial charge in [0.1, 0.15) is 17.7 Å². The molecule has 38 heavy (non-hydrogen) atoms. The molecule has 0 fully saturated rings. The third-order valence-corrected chi connectivity index (χ3v) is 9.48. The molecule has 0 bridgehead atoms. The molecule has 0 spiro atoms. The molecule has 3 rings (SSSR count). The van der Waals surface area contributed by atoms with Gasteiger partial charge in [-0.25, -0.2) is 4.98 Å². The maximum Gasteiger partial charge on any atom is 0.316 e. The van der Waals surface area contributed by atoms with E-state index >= 15 is 0 Å². The number of rotatable bonds is 16. The molecule has 0 aliphatic heterocycles. The highest BCUT2D eigenvalue weighted by Crippen LogP contribution is 2.34. The number of carbonyl (C=O) groups excluding carboxylic acids is 1. The first kappa shape index (κ1) is 30.1. The number of ether oxygens (including phenoxy) is 1. The van der Waals surface area contributed by atoms with Crippen molar-refractivity contribution in [1.82, 2.24) is 4.98 Å². The van der Waals surface area contributed by atoms with E-state index in [1.807, 2.05) is 90.3 Å². The van der Waals surface area contributed by atoms with Crippen LogP contribution in [0.15, 0.2) is 71.8 Å². The molecule has 7 heteroatoms. The van der Waals surface area contributed by atoms with Gasteiger partial charge in [-0.05, 0) is 36.0 Å². The lowest BCUT2D eigenvalue weighted by atomic mass is 9.99. The second-order valence-electron chi connectivity index (χ2n) is 8.83. The molecule has 0 saturated heterocycles. The van der Waals surface area contributed by atoms with Gasteiger partial charge in [0, 0.05) is 22.1 Å². The third kappa shape index (κ3) is 9.72. The third-order valence-electron chi connectivity index (χ3n) is 5.81. The minimum absolute atomic E-state index is 0.115. The quantitative estimate of drug-likeness (QED) is 0.0984. The van der Waals surface area contributed by atoms with Gasteiger partial charge < -0.3 is 4.74 Å². The lowest BCUT2D eigenvalue weighted by Gasteiger charge is -2.17. The predicted octanol–water partition coefficient (Wildman–Crippen LogP) is 8.36. The minimum Gasteiger partial charge on any atom is -0.464 e. The Balaban J connectivity index is 1.72. The first-order chi connectivity index (χ1) is 18.7. The van der Waals surface area contributed by atoms with E-state index in [-0.39, 0.29) is 11.7 Å². The standard InChI is InChI=1S/C31H36N2O2S3/c1-3-5-17-36-22-26(37-18-6-4-2)21-35-30(34)23-38-31-28(20-32)27(24-13-9-7-10-14-24)19-29(33-31)25-15-11-8-12-16-25/h7-16,19,26H,3-6,17-18,21-23H2,1-2H3. The molecule has 0 amide bonds. The molecule has 0 N–H and O–H groups in total. The Morgan fingerprint density at radius 2 is 1.63 bits per heavy atom. The molecular formula is C31H36N2O2S3. The summed E-state index contributed by atoms with van der Waals surface area (Å²) in [5.41, 5.74) is 3.98. The first-order valence-electron chi connectivity index (χ1n) is 13.2. The highest BCUT2D eigenvalue weighted by Gasteiger charge is 2.18. The molecule has 0 saturated carbocycles. The molecule has 0 aliphatic carbocycles. The molecule has 200 valence electrons. The summed E-state index contributed by atoms with van der Waals surface area (Å²) in [6.45, 7) is 4.82. The number of esters is 1. The normalized spacial score (nSPS) is 11.6. The maximum absolute atomic E-state index is 12.8. The van der Waals surface area contributed by atoms with Crippen LogP contribution < -0.4 is 0 Å². The summed E-state index contributed by atoms with van der Waals surface area (Å²) in [4.78, 5) is 17.6. The summed E-state index contributed by atoms with van der Waals surface area (Å²) in [5, 5.41) is 10.9. The molecule has 1 heterocycles. The van der Waals surface area contributed by atoms with Crippen LogP contribution in [-0.4, -0.2) is 45.8 Å². The molecule has 0 radical (unpaired) electrons. The van der Waals surface area contributed by atoms with Crippen LogP contribution in [0.2, 0.25) is 0 Å². The van der Waals surface area contributed by atoms with Crippen LogP contribution in [0.1, 0.15) is 45.1 Å². The zero-order chi connectivity index (χ0) is 27.0. The molecule has 4 nitrogen and oxygen atoms in total. The number of unbranched alkanes of at least 4 members (excludes halogenated alkanes) is 2. The number of thioether (sulfide) groups is 3. The smallest absolute Gasteiger partial charge is 0.316 e. The second kappa shape index (κ2) is 17.2. The average Bonchev–Trinajstić information content (AvgIpc) is 2.97. The summed E-state index contributed by atoms with van der Waals surface area (Å²) in [7, 11) is 0. The Labute approximate surface area is 240 Å². The number of hydrogen-bond acceptors (Lipinski definition) is 7. The van der Waals surface area contributed by atoms with Gasteiger partial charge >= 0.3 is 5.97 Å². The van der Waals surface area contributed by atoms with E-state index in [2.05, 4.69) is 19.9 Å². The number of nitrogens with zero attached hydrogens (tertiary/aromatic N) is 2. The van der Waals surface area contributed by atoms with Crippen LogP contribution in [0.3, 0.4) is 0 Å². The average molecular weight is 565 g/mol. The van der Waals surface area contributed by atoms with Crippen LogP contribution in [0.25, 0.3) is 22.4 Å². The summed E-state index contributed by atoms with van der Waals surface area (Å²) < 4.78 is 5.71. The molecular weight excluding hydrogens is 529 g/mol. The van der Waals surface area contributed by atoms with Gasteiger partial charge in [-0.3, -0.25) is 4.79 Å². The minimum atomic E-state index is -0.272. The zero-order valence-electron chi connectivity index (χ0n) is 22.2. The Hall–Kier alpha value is -2.40. The highest BCUT2D eigenvalue weighted by molar-refractivity contribution is 8.03. The van der Waals surface area contributed by atoms with Crippen molar-refractivity contribution in [1.29, 1.82) is 5.26 Å². The van der Waals surface area contributed by atoms with Crippen molar-refractivity contribution in [3.63, 3.8) is 0 Å². The molecule has 2 aromatic carbocycles. The zero-order valence-corrected chi connectivity index (χ0v) is 24.7. The van der Waals surface area contributed by atoms with Gasteiger partial charge in [0.2, 0.25) is 0 Å². The van der Waals surface area contributed by atoms with Crippen molar-refractivity contribution in [2.45, 2.75) is 49.8 Å². The second-order valence-corrected chi connectivity index (χ2v) is 12.3. The van der Waals surface area contributed by atoms with Crippen molar-refractivity contribution in [2.75, 3.05) is 29.6 Å². The monoisotopic (exact) mass is 564 g/mol. The number of aromatic nitrogens is 1. The van der Waals surface area contributed by atoms with Gasteiger partial charge in [-0.2, -0.15) is 28.8 Å². The summed E-state index contributed by atoms with van der Waals surface area (Å²) in [6.07, 6.45) is 4.76. The molecule has 1 atom stereocenters. The Kier molecular flexibility index (Phi) is 13.7. The lowest BCUT2D eigenvalue weighted by molar-refractivity contribution is -0.140. The van der Waals surface area contributed by atoms with Crippen LogP contribution >= 0.6 is 35.3 Å². The highest BCUT2D eigenvalue weighted by atomic mass is 32.2. The number of benzene rings is 2. The maximum atomic E-state index is 12.8. The molecule has 1 aromatic heterocycles. The van der Waals surface area contributed by atoms with E-state index in [9.17, 15) is 10.1 Å². The van der Waals surface area contributed by atoms with Crippen molar-refractivity contribution in [3.8, 4) is 28.5 Å². The van der Waals surface area contributed by atoms with E-state index in [0.717, 1.165) is 39.6 Å². The van der Waals surface area contributed by atoms with Crippen LogP contribution in [0, 0.1) is 11.3 Å². The number of pyridine rings is 1. The van der Waals surface area contributed by atoms with E-state index in [4.69, 9.17) is 9.72 Å². The van der Waals surface area contributed by atoms with Gasteiger partial charge in [0.05, 0.1) is 17.0 Å². The van der Waals surface area contributed by atoms with Gasteiger partial charge in [-0.1, -0.05) is 99.1 Å². The SMILES string of the molecule is CCCCSCC(COC(=O)CSc1nc(-c2ccccc2)cc(-c2ccccc2)c1C#N)SCCCC. The Bertz CT molecular complexity index is 1170. The van der Waals surface area contributed by atoms with Gasteiger partial charge in [0.15, 0.2) is 0 Å². The summed E-state index contributed by atoms with van der Waals surface area (Å²) >= 11 is 5.13. The van der Waals surface area contributed by atoms with Gasteiger partial charge in [0.25, 0.3) is 0 Å². The van der Waals surface area contributed by atoms with Crippen molar-refractivity contribution >= 4 is 41.3 Å². The number of nitriles is 1. The fourth-order valence-electron chi connectivity index (χ4n) is 3.69. The van der Waals surface area contributed by atoms with Crippen LogP contribution in [0.5, 0.6) is 0 Å². The molecule has 0 aliphatic rings. The van der Waals surface area contributed by atoms with E-state index in [1.165, 1.54) is 37.4 Å². The van der Waals surface area contributed by atoms with Crippen molar-refractivity contribution < 1.29 is 9.53 Å².